The summed E-state index contributed by atoms with van der Waals surface area (Å²) in [6.07, 6.45) is 4.62. The zero-order valence-corrected chi connectivity index (χ0v) is 10.6. The average molecular weight is 250 g/mol. The minimum atomic E-state index is 0.475. The van der Waals surface area contributed by atoms with Gasteiger partial charge in [-0.1, -0.05) is 23.7 Å². The standard InChI is InChI=1S/C13H16ClN3/c1-2-17-6-5-16-13(17)8-10-3-4-11(9-15)12(14)7-10/h3-7H,2,8-9,15H2,1H3. The molecule has 0 spiro atoms. The van der Waals surface area contributed by atoms with Crippen LogP contribution in [-0.4, -0.2) is 9.55 Å². The quantitative estimate of drug-likeness (QED) is 0.905. The molecule has 0 unspecified atom stereocenters. The molecular weight excluding hydrogens is 234 g/mol. The molecule has 2 N–H and O–H groups in total. The van der Waals surface area contributed by atoms with Gasteiger partial charge in [0, 0.05) is 36.9 Å². The Morgan fingerprint density at radius 3 is 2.88 bits per heavy atom. The van der Waals surface area contributed by atoms with Crippen molar-refractivity contribution >= 4 is 11.6 Å². The molecule has 0 radical (unpaired) electrons. The van der Waals surface area contributed by atoms with Crippen LogP contribution in [0.15, 0.2) is 30.6 Å². The molecule has 3 nitrogen and oxygen atoms in total. The zero-order valence-electron chi connectivity index (χ0n) is 9.86. The largest absolute Gasteiger partial charge is 0.335 e. The number of aryl methyl sites for hydroxylation is 1. The number of hydrogen-bond donors (Lipinski definition) is 1. The number of hydrogen-bond acceptors (Lipinski definition) is 2. The van der Waals surface area contributed by atoms with Crippen molar-refractivity contribution in [1.82, 2.24) is 9.55 Å². The van der Waals surface area contributed by atoms with Crippen LogP contribution in [0, 0.1) is 0 Å². The van der Waals surface area contributed by atoms with Crippen LogP contribution in [-0.2, 0) is 19.5 Å². The molecule has 0 saturated heterocycles. The van der Waals surface area contributed by atoms with E-state index in [9.17, 15) is 0 Å². The molecule has 90 valence electrons. The van der Waals surface area contributed by atoms with Gasteiger partial charge < -0.3 is 10.3 Å². The van der Waals surface area contributed by atoms with E-state index in [2.05, 4.69) is 22.5 Å². The Kier molecular flexibility index (Phi) is 3.82. The highest BCUT2D eigenvalue weighted by molar-refractivity contribution is 6.31. The second kappa shape index (κ2) is 5.34. The minimum Gasteiger partial charge on any atom is -0.335 e. The molecule has 2 rings (SSSR count). The zero-order chi connectivity index (χ0) is 12.3. The molecule has 4 heteroatoms. The number of nitrogens with zero attached hydrogens (tertiary/aromatic N) is 2. The van der Waals surface area contributed by atoms with E-state index >= 15 is 0 Å². The van der Waals surface area contributed by atoms with Gasteiger partial charge in [0.1, 0.15) is 5.82 Å². The normalized spacial score (nSPS) is 10.8. The fourth-order valence-corrected chi connectivity index (χ4v) is 2.12. The Balaban J connectivity index is 2.22. The van der Waals surface area contributed by atoms with Crippen LogP contribution < -0.4 is 5.73 Å². The van der Waals surface area contributed by atoms with Gasteiger partial charge in [0.15, 0.2) is 0 Å². The number of aromatic nitrogens is 2. The Morgan fingerprint density at radius 2 is 2.24 bits per heavy atom. The summed E-state index contributed by atoms with van der Waals surface area (Å²) in [5.74, 6) is 1.06. The lowest BCUT2D eigenvalue weighted by Crippen LogP contribution is -2.03. The Labute approximate surface area is 106 Å². The lowest BCUT2D eigenvalue weighted by atomic mass is 10.1. The highest BCUT2D eigenvalue weighted by Crippen LogP contribution is 2.19. The van der Waals surface area contributed by atoms with Crippen LogP contribution in [0.2, 0.25) is 5.02 Å². The van der Waals surface area contributed by atoms with Crippen LogP contribution >= 0.6 is 11.6 Å². The smallest absolute Gasteiger partial charge is 0.113 e. The van der Waals surface area contributed by atoms with Gasteiger partial charge in [0.25, 0.3) is 0 Å². The maximum Gasteiger partial charge on any atom is 0.113 e. The van der Waals surface area contributed by atoms with E-state index in [1.54, 1.807) is 0 Å². The first-order chi connectivity index (χ1) is 8.24. The lowest BCUT2D eigenvalue weighted by molar-refractivity contribution is 0.712. The molecule has 0 atom stereocenters. The topological polar surface area (TPSA) is 43.8 Å². The summed E-state index contributed by atoms with van der Waals surface area (Å²) in [4.78, 5) is 4.35. The van der Waals surface area contributed by atoms with Crippen LogP contribution in [0.5, 0.6) is 0 Å². The number of halogens is 1. The third kappa shape index (κ3) is 2.68. The van der Waals surface area contributed by atoms with Gasteiger partial charge in [-0.05, 0) is 24.1 Å². The van der Waals surface area contributed by atoms with Crippen LogP contribution in [0.3, 0.4) is 0 Å². The molecule has 0 bridgehead atoms. The van der Waals surface area contributed by atoms with Crippen molar-refractivity contribution in [2.75, 3.05) is 0 Å². The Morgan fingerprint density at radius 1 is 1.41 bits per heavy atom. The van der Waals surface area contributed by atoms with Crippen molar-refractivity contribution in [2.45, 2.75) is 26.4 Å². The molecule has 0 amide bonds. The predicted molar refractivity (Wildman–Crippen MR) is 70.1 cm³/mol. The second-order valence-electron chi connectivity index (χ2n) is 3.94. The third-order valence-corrected chi connectivity index (χ3v) is 3.19. The first kappa shape index (κ1) is 12.1. The molecule has 0 saturated carbocycles. The molecular formula is C13H16ClN3. The highest BCUT2D eigenvalue weighted by Gasteiger charge is 2.05. The number of benzene rings is 1. The van der Waals surface area contributed by atoms with Crippen molar-refractivity contribution in [2.24, 2.45) is 5.73 Å². The van der Waals surface area contributed by atoms with E-state index in [-0.39, 0.29) is 0 Å². The van der Waals surface area contributed by atoms with Crippen molar-refractivity contribution in [3.05, 3.63) is 52.6 Å². The number of rotatable bonds is 4. The monoisotopic (exact) mass is 249 g/mol. The Bertz CT molecular complexity index is 505. The van der Waals surface area contributed by atoms with Crippen molar-refractivity contribution in [3.63, 3.8) is 0 Å². The molecule has 0 fully saturated rings. The molecule has 1 heterocycles. The first-order valence-electron chi connectivity index (χ1n) is 5.72. The van der Waals surface area contributed by atoms with E-state index in [1.807, 2.05) is 24.5 Å². The molecule has 1 aromatic heterocycles. The molecule has 0 aliphatic heterocycles. The van der Waals surface area contributed by atoms with E-state index in [4.69, 9.17) is 17.3 Å². The molecule has 2 aromatic rings. The van der Waals surface area contributed by atoms with Gasteiger partial charge >= 0.3 is 0 Å². The van der Waals surface area contributed by atoms with Crippen molar-refractivity contribution < 1.29 is 0 Å². The summed E-state index contributed by atoms with van der Waals surface area (Å²) < 4.78 is 2.13. The molecule has 0 aliphatic carbocycles. The van der Waals surface area contributed by atoms with Crippen LogP contribution in [0.4, 0.5) is 0 Å². The minimum absolute atomic E-state index is 0.475. The van der Waals surface area contributed by atoms with Gasteiger partial charge in [-0.15, -0.1) is 0 Å². The average Bonchev–Trinajstić information content (AvgIpc) is 2.76. The summed E-state index contributed by atoms with van der Waals surface area (Å²) in [7, 11) is 0. The van der Waals surface area contributed by atoms with Gasteiger partial charge in [0.05, 0.1) is 0 Å². The predicted octanol–water partition coefficient (Wildman–Crippen LogP) is 2.61. The van der Waals surface area contributed by atoms with E-state index in [0.717, 1.165) is 34.9 Å². The fourth-order valence-electron chi connectivity index (χ4n) is 1.84. The number of imidazole rings is 1. The molecule has 0 aliphatic rings. The SMILES string of the molecule is CCn1ccnc1Cc1ccc(CN)c(Cl)c1. The van der Waals surface area contributed by atoms with Gasteiger partial charge in [-0.25, -0.2) is 4.98 Å². The summed E-state index contributed by atoms with van der Waals surface area (Å²) in [5, 5.41) is 0.736. The summed E-state index contributed by atoms with van der Waals surface area (Å²) >= 11 is 6.14. The number of nitrogens with two attached hydrogens (primary N) is 1. The Hall–Kier alpha value is -1.32. The van der Waals surface area contributed by atoms with Crippen LogP contribution in [0.25, 0.3) is 0 Å². The van der Waals surface area contributed by atoms with E-state index in [0.29, 0.717) is 6.54 Å². The van der Waals surface area contributed by atoms with E-state index < -0.39 is 0 Å². The second-order valence-corrected chi connectivity index (χ2v) is 4.34. The van der Waals surface area contributed by atoms with Crippen molar-refractivity contribution in [3.8, 4) is 0 Å². The summed E-state index contributed by atoms with van der Waals surface area (Å²) in [6.45, 7) is 3.52. The highest BCUT2D eigenvalue weighted by atomic mass is 35.5. The van der Waals surface area contributed by atoms with Gasteiger partial charge in [-0.2, -0.15) is 0 Å². The van der Waals surface area contributed by atoms with Gasteiger partial charge in [0.2, 0.25) is 0 Å². The first-order valence-corrected chi connectivity index (χ1v) is 6.09. The van der Waals surface area contributed by atoms with Crippen molar-refractivity contribution in [1.29, 1.82) is 0 Å². The molecule has 1 aromatic carbocycles. The fraction of sp³-hybridized carbons (Fsp3) is 0.308. The third-order valence-electron chi connectivity index (χ3n) is 2.84. The maximum absolute atomic E-state index is 6.14. The van der Waals surface area contributed by atoms with Gasteiger partial charge in [-0.3, -0.25) is 0 Å². The lowest BCUT2D eigenvalue weighted by Gasteiger charge is -2.07. The summed E-state index contributed by atoms with van der Waals surface area (Å²) in [6, 6.07) is 6.01. The van der Waals surface area contributed by atoms with E-state index in [1.165, 1.54) is 0 Å². The van der Waals surface area contributed by atoms with Crippen LogP contribution in [0.1, 0.15) is 23.9 Å². The maximum atomic E-state index is 6.14. The summed E-state index contributed by atoms with van der Waals surface area (Å²) in [5.41, 5.74) is 7.72. The molecule has 17 heavy (non-hydrogen) atoms.